The smallest absolute Gasteiger partial charge is 0.179 e. The van der Waals surface area contributed by atoms with E-state index in [1.54, 1.807) is 24.8 Å². The summed E-state index contributed by atoms with van der Waals surface area (Å²) < 4.78 is 0. The van der Waals surface area contributed by atoms with Crippen molar-refractivity contribution in [3.05, 3.63) is 268 Å². The highest BCUT2D eigenvalue weighted by Crippen LogP contribution is 2.28. The van der Waals surface area contributed by atoms with Crippen molar-refractivity contribution in [2.75, 3.05) is 0 Å². The van der Waals surface area contributed by atoms with Crippen molar-refractivity contribution in [1.29, 1.82) is 0 Å². The highest BCUT2D eigenvalue weighted by molar-refractivity contribution is 7.19. The van der Waals surface area contributed by atoms with Crippen LogP contribution in [0.25, 0.3) is 89.5 Å². The quantitative estimate of drug-likeness (QED) is 0.0881. The zero-order valence-electron chi connectivity index (χ0n) is 39.5. The molecule has 73 heavy (non-hydrogen) atoms. The number of nitrogens with zero attached hydrogens (tertiary/aromatic N) is 8. The molecule has 0 fully saturated rings. The molecule has 8 aromatic heterocycles. The maximum atomic E-state index is 4.85. The molecule has 0 spiro atoms. The van der Waals surface area contributed by atoms with Crippen molar-refractivity contribution < 1.29 is 0 Å². The molecule has 0 saturated heterocycles. The van der Waals surface area contributed by atoms with E-state index in [9.17, 15) is 0 Å². The molecule has 12 rings (SSSR count). The van der Waals surface area contributed by atoms with Crippen molar-refractivity contribution in [3.8, 4) is 89.5 Å². The Bertz CT molecular complexity index is 3230. The van der Waals surface area contributed by atoms with Crippen LogP contribution in [-0.4, -0.2) is 47.9 Å². The molecule has 0 atom stereocenters. The molecule has 8 heterocycles. The molecule has 0 aliphatic rings. The zero-order chi connectivity index (χ0) is 48.8. The Morgan fingerprint density at radius 1 is 0.192 bits per heavy atom. The summed E-state index contributed by atoms with van der Waals surface area (Å²) >= 11 is 0. The molecule has 0 unspecified atom stereocenters. The van der Waals surface area contributed by atoms with Gasteiger partial charge in [0.25, 0.3) is 0 Å². The van der Waals surface area contributed by atoms with E-state index >= 15 is 0 Å². The van der Waals surface area contributed by atoms with Gasteiger partial charge in [-0.05, 0) is 116 Å². The summed E-state index contributed by atoms with van der Waals surface area (Å²) in [5, 5.41) is 4.99. The largest absolute Gasteiger partial charge is 0.264 e. The Morgan fingerprint density at radius 3 is 0.589 bits per heavy atom. The predicted molar refractivity (Wildman–Crippen MR) is 296 cm³/mol. The van der Waals surface area contributed by atoms with Crippen LogP contribution in [0.4, 0.5) is 0 Å². The molecule has 12 aromatic rings. The van der Waals surface area contributed by atoms with Gasteiger partial charge in [-0.2, -0.15) is 0 Å². The molecule has 0 N–H and O–H groups in total. The maximum Gasteiger partial charge on any atom is 0.179 e. The Balaban J connectivity index is 0.978. The summed E-state index contributed by atoms with van der Waals surface area (Å²) in [6, 6.07) is 69.3. The van der Waals surface area contributed by atoms with Gasteiger partial charge in [0.2, 0.25) is 0 Å². The van der Waals surface area contributed by atoms with Gasteiger partial charge in [0, 0.05) is 119 Å². The van der Waals surface area contributed by atoms with Crippen LogP contribution in [-0.2, 0) is 0 Å². The highest BCUT2D eigenvalue weighted by Gasteiger charge is 2.41. The minimum absolute atomic E-state index is 0.885. The van der Waals surface area contributed by atoms with Gasteiger partial charge in [0.1, 0.15) is 0 Å². The summed E-state index contributed by atoms with van der Waals surface area (Å²) in [7, 11) is -3.10. The topological polar surface area (TPSA) is 103 Å². The monoisotopic (exact) mass is 952 g/mol. The van der Waals surface area contributed by atoms with Gasteiger partial charge < -0.3 is 0 Å². The second-order valence-electron chi connectivity index (χ2n) is 17.8. The van der Waals surface area contributed by atoms with Gasteiger partial charge in [-0.25, -0.2) is 0 Å². The van der Waals surface area contributed by atoms with Gasteiger partial charge in [0.15, 0.2) is 8.07 Å². The predicted octanol–water partition coefficient (Wildman–Crippen LogP) is 11.6. The van der Waals surface area contributed by atoms with Gasteiger partial charge in [-0.3, -0.25) is 39.9 Å². The van der Waals surface area contributed by atoms with Crippen LogP contribution >= 0.6 is 0 Å². The number of pyridine rings is 8. The zero-order valence-corrected chi connectivity index (χ0v) is 40.5. The average Bonchev–Trinajstić information content (AvgIpc) is 3.49. The van der Waals surface area contributed by atoms with Crippen molar-refractivity contribution in [2.45, 2.75) is 0 Å². The second-order valence-corrected chi connectivity index (χ2v) is 21.6. The van der Waals surface area contributed by atoms with E-state index in [-0.39, 0.29) is 0 Å². The van der Waals surface area contributed by atoms with E-state index in [1.807, 2.05) is 98.1 Å². The van der Waals surface area contributed by atoms with Crippen LogP contribution in [0.2, 0.25) is 0 Å². The Hall–Kier alpha value is -9.70. The fourth-order valence-electron chi connectivity index (χ4n) is 9.65. The Kier molecular flexibility index (Phi) is 12.2. The molecule has 9 heteroatoms. The molecular weight excluding hydrogens is 909 g/mol. The lowest BCUT2D eigenvalue weighted by Gasteiger charge is -2.35. The summed E-state index contributed by atoms with van der Waals surface area (Å²) in [6.45, 7) is 0. The van der Waals surface area contributed by atoms with Crippen molar-refractivity contribution in [3.63, 3.8) is 0 Å². The van der Waals surface area contributed by atoms with Crippen molar-refractivity contribution >= 4 is 28.8 Å². The van der Waals surface area contributed by atoms with Gasteiger partial charge >= 0.3 is 0 Å². The van der Waals surface area contributed by atoms with E-state index in [0.717, 1.165) is 89.5 Å². The fourth-order valence-corrected chi connectivity index (χ4v) is 14.3. The summed E-state index contributed by atoms with van der Waals surface area (Å²) in [4.78, 5) is 36.6. The van der Waals surface area contributed by atoms with Gasteiger partial charge in [0.05, 0.1) is 22.8 Å². The van der Waals surface area contributed by atoms with Crippen molar-refractivity contribution in [2.24, 2.45) is 0 Å². The minimum atomic E-state index is -3.10. The third-order valence-electron chi connectivity index (χ3n) is 13.5. The first-order valence-corrected chi connectivity index (χ1v) is 26.1. The molecule has 0 amide bonds. The molecule has 0 bridgehead atoms. The number of hydrogen-bond donors (Lipinski definition) is 0. The average molecular weight is 953 g/mol. The lowest BCUT2D eigenvalue weighted by atomic mass is 10.1. The van der Waals surface area contributed by atoms with E-state index in [0.29, 0.717) is 0 Å². The molecular formula is C64H44N8Si. The van der Waals surface area contributed by atoms with Gasteiger partial charge in [-0.15, -0.1) is 0 Å². The first-order valence-electron chi connectivity index (χ1n) is 24.1. The van der Waals surface area contributed by atoms with E-state index in [2.05, 4.69) is 166 Å². The summed E-state index contributed by atoms with van der Waals surface area (Å²) in [5.41, 5.74) is 16.0. The molecule has 344 valence electrons. The normalized spacial score (nSPS) is 11.3. The Labute approximate surface area is 424 Å². The first kappa shape index (κ1) is 44.5. The van der Waals surface area contributed by atoms with Gasteiger partial charge in [-0.1, -0.05) is 121 Å². The lowest BCUT2D eigenvalue weighted by Crippen LogP contribution is -2.74. The van der Waals surface area contributed by atoms with Crippen LogP contribution in [0.1, 0.15) is 0 Å². The summed E-state index contributed by atoms with van der Waals surface area (Å²) in [5.74, 6) is 0. The van der Waals surface area contributed by atoms with E-state index < -0.39 is 8.07 Å². The molecule has 0 aliphatic heterocycles. The van der Waals surface area contributed by atoms with E-state index in [4.69, 9.17) is 19.9 Å². The third-order valence-corrected chi connectivity index (χ3v) is 18.3. The second kappa shape index (κ2) is 20.0. The van der Waals surface area contributed by atoms with Crippen LogP contribution in [0.3, 0.4) is 0 Å². The minimum Gasteiger partial charge on any atom is -0.264 e. The maximum absolute atomic E-state index is 4.85. The molecule has 0 saturated carbocycles. The van der Waals surface area contributed by atoms with Crippen LogP contribution in [0.15, 0.2) is 268 Å². The van der Waals surface area contributed by atoms with Crippen LogP contribution in [0, 0.1) is 0 Å². The highest BCUT2D eigenvalue weighted by atomic mass is 28.3. The van der Waals surface area contributed by atoms with Crippen LogP contribution < -0.4 is 20.7 Å². The standard InChI is InChI=1S/C64H44N8Si/c1-5-53(37-65-33-1)61-29-17-49(41-69-61)45-9-21-57(22-10-45)73(58-23-11-46(12-24-58)50-18-30-62(70-42-50)54-6-2-34-66-38-54,59-25-13-47(14-26-59)51-19-31-63(71-43-51)55-7-3-35-67-39-55)60-27-15-48(16-28-60)52-20-32-64(72-44-52)56-8-4-36-68-40-56/h1-44H. The summed E-state index contributed by atoms with van der Waals surface area (Å²) in [6.07, 6.45) is 22.3. The van der Waals surface area contributed by atoms with Crippen LogP contribution in [0.5, 0.6) is 0 Å². The Morgan fingerprint density at radius 2 is 0.411 bits per heavy atom. The van der Waals surface area contributed by atoms with E-state index in [1.165, 1.54) is 20.7 Å². The van der Waals surface area contributed by atoms with Crippen molar-refractivity contribution in [1.82, 2.24) is 39.9 Å². The number of hydrogen-bond acceptors (Lipinski definition) is 8. The third kappa shape index (κ3) is 9.04. The first-order chi connectivity index (χ1) is 36.2. The number of aromatic nitrogens is 8. The SMILES string of the molecule is c1cncc(-c2ccc(-c3ccc([Si](c4ccc(-c5ccc(-c6cccnc6)nc5)cc4)(c4ccc(-c5ccc(-c6cccnc6)nc5)cc4)c4ccc(-c5ccc(-c6cccnc6)nc5)cc4)cc3)cn2)c1. The molecule has 8 nitrogen and oxygen atoms in total. The molecule has 0 aliphatic carbocycles. The molecule has 0 radical (unpaired) electrons. The number of benzene rings is 4. The fraction of sp³-hybridized carbons (Fsp3) is 0. The molecule has 4 aromatic carbocycles. The lowest BCUT2D eigenvalue weighted by molar-refractivity contribution is 1.28. The number of rotatable bonds is 12.